The van der Waals surface area contributed by atoms with E-state index in [4.69, 9.17) is 16.3 Å². The lowest BCUT2D eigenvalue weighted by Gasteiger charge is -2.21. The van der Waals surface area contributed by atoms with E-state index in [2.05, 4.69) is 10.3 Å². The Labute approximate surface area is 160 Å². The molecule has 1 unspecified atom stereocenters. The summed E-state index contributed by atoms with van der Waals surface area (Å²) in [6.07, 6.45) is 0. The number of likely N-dealkylation sites (N-methyl/N-ethyl adjacent to an activating group) is 1. The summed E-state index contributed by atoms with van der Waals surface area (Å²) in [7, 11) is 1.47. The highest BCUT2D eigenvalue weighted by Gasteiger charge is 2.25. The van der Waals surface area contributed by atoms with Crippen LogP contribution in [0.25, 0.3) is 0 Å². The molecular weight excluding hydrogens is 380 g/mol. The summed E-state index contributed by atoms with van der Waals surface area (Å²) < 4.78 is 33.5. The molecule has 1 N–H and O–H groups in total. The van der Waals surface area contributed by atoms with Crippen LogP contribution in [0.15, 0.2) is 23.0 Å². The van der Waals surface area contributed by atoms with E-state index < -0.39 is 23.1 Å². The molecule has 27 heavy (non-hydrogen) atoms. The molecule has 146 valence electrons. The zero-order valence-corrected chi connectivity index (χ0v) is 16.1. The fourth-order valence-corrected chi connectivity index (χ4v) is 2.71. The zero-order chi connectivity index (χ0) is 20.3. The van der Waals surface area contributed by atoms with Gasteiger partial charge in [0.2, 0.25) is 11.8 Å². The molecule has 0 saturated carbocycles. The molecule has 6 nitrogen and oxygen atoms in total. The summed E-state index contributed by atoms with van der Waals surface area (Å²) in [4.78, 5) is 28.9. The Hall–Kier alpha value is -2.48. The molecule has 1 aromatic heterocycles. The van der Waals surface area contributed by atoms with Gasteiger partial charge >= 0.3 is 0 Å². The van der Waals surface area contributed by atoms with Crippen molar-refractivity contribution in [2.45, 2.75) is 39.3 Å². The molecule has 0 aliphatic rings. The van der Waals surface area contributed by atoms with E-state index in [1.54, 1.807) is 20.8 Å². The topological polar surface area (TPSA) is 73.2 Å². The molecule has 0 spiro atoms. The number of benzene rings is 1. The van der Waals surface area contributed by atoms with E-state index in [1.165, 1.54) is 17.7 Å². The van der Waals surface area contributed by atoms with Crippen molar-refractivity contribution >= 4 is 17.5 Å². The smallest absolute Gasteiger partial charge is 0.276 e. The Balaban J connectivity index is 2.46. The minimum Gasteiger partial charge on any atom is -0.471 e. The standard InChI is InChI=1S/C18H20ClF2N3O3/c1-9(2)24-15(10(3)16(25)22-4)23-17(14(19)18(24)26)27-8-11-5-6-12(20)7-13(11)21/h5-7,9-10H,8H2,1-4H3,(H,22,25). The van der Waals surface area contributed by atoms with E-state index in [-0.39, 0.29) is 40.8 Å². The molecule has 1 amide bonds. The van der Waals surface area contributed by atoms with Gasteiger partial charge in [0.05, 0.1) is 5.92 Å². The summed E-state index contributed by atoms with van der Waals surface area (Å²) in [5.41, 5.74) is -0.495. The van der Waals surface area contributed by atoms with Crippen molar-refractivity contribution in [2.24, 2.45) is 0 Å². The van der Waals surface area contributed by atoms with Gasteiger partial charge in [-0.25, -0.2) is 8.78 Å². The van der Waals surface area contributed by atoms with Crippen LogP contribution >= 0.6 is 11.6 Å². The van der Waals surface area contributed by atoms with E-state index in [0.29, 0.717) is 0 Å². The maximum atomic E-state index is 13.8. The van der Waals surface area contributed by atoms with Gasteiger partial charge in [0.1, 0.15) is 24.1 Å². The number of halogens is 3. The number of aromatic nitrogens is 2. The van der Waals surface area contributed by atoms with Crippen LogP contribution < -0.4 is 15.6 Å². The van der Waals surface area contributed by atoms with Crippen LogP contribution in [0.5, 0.6) is 5.88 Å². The summed E-state index contributed by atoms with van der Waals surface area (Å²) in [6.45, 7) is 4.80. The average molecular weight is 400 g/mol. The Bertz CT molecular complexity index is 915. The van der Waals surface area contributed by atoms with Crippen molar-refractivity contribution in [3.05, 3.63) is 56.6 Å². The lowest BCUT2D eigenvalue weighted by molar-refractivity contribution is -0.121. The van der Waals surface area contributed by atoms with Crippen molar-refractivity contribution in [1.82, 2.24) is 14.9 Å². The first-order valence-electron chi connectivity index (χ1n) is 8.27. The van der Waals surface area contributed by atoms with Crippen LogP contribution in [0.2, 0.25) is 5.02 Å². The predicted molar refractivity (Wildman–Crippen MR) is 97.1 cm³/mol. The van der Waals surface area contributed by atoms with Crippen molar-refractivity contribution in [1.29, 1.82) is 0 Å². The quantitative estimate of drug-likeness (QED) is 0.809. The second kappa shape index (κ2) is 8.47. The number of carbonyl (C=O) groups is 1. The van der Waals surface area contributed by atoms with Gasteiger partial charge in [-0.15, -0.1) is 0 Å². The maximum absolute atomic E-state index is 13.8. The van der Waals surface area contributed by atoms with Gasteiger partial charge in [-0.1, -0.05) is 11.6 Å². The largest absolute Gasteiger partial charge is 0.471 e. The van der Waals surface area contributed by atoms with Gasteiger partial charge in [-0.05, 0) is 32.9 Å². The second-order valence-electron chi connectivity index (χ2n) is 6.22. The molecule has 9 heteroatoms. The number of hydrogen-bond acceptors (Lipinski definition) is 4. The fourth-order valence-electron chi connectivity index (χ4n) is 2.53. The third-order valence-electron chi connectivity index (χ3n) is 3.98. The van der Waals surface area contributed by atoms with Gasteiger partial charge in [0.25, 0.3) is 5.56 Å². The number of hydrogen-bond donors (Lipinski definition) is 1. The van der Waals surface area contributed by atoms with Crippen LogP contribution in [0.1, 0.15) is 44.1 Å². The van der Waals surface area contributed by atoms with E-state index in [1.807, 2.05) is 0 Å². The van der Waals surface area contributed by atoms with Crippen LogP contribution in [0.3, 0.4) is 0 Å². The average Bonchev–Trinajstić information content (AvgIpc) is 2.62. The highest BCUT2D eigenvalue weighted by molar-refractivity contribution is 6.31. The predicted octanol–water partition coefficient (Wildman–Crippen LogP) is 3.18. The van der Waals surface area contributed by atoms with E-state index >= 15 is 0 Å². The summed E-state index contributed by atoms with van der Waals surface area (Å²) >= 11 is 6.09. The van der Waals surface area contributed by atoms with Crippen LogP contribution in [-0.2, 0) is 11.4 Å². The maximum Gasteiger partial charge on any atom is 0.276 e. The van der Waals surface area contributed by atoms with Crippen molar-refractivity contribution < 1.29 is 18.3 Å². The zero-order valence-electron chi connectivity index (χ0n) is 15.3. The van der Waals surface area contributed by atoms with Crippen molar-refractivity contribution in [3.63, 3.8) is 0 Å². The molecule has 1 aromatic carbocycles. The Morgan fingerprint density at radius 2 is 2.00 bits per heavy atom. The monoisotopic (exact) mass is 399 g/mol. The van der Waals surface area contributed by atoms with Crippen LogP contribution in [-0.4, -0.2) is 22.5 Å². The SMILES string of the molecule is CNC(=O)C(C)c1nc(OCc2ccc(F)cc2F)c(Cl)c(=O)n1C(C)C. The molecule has 0 bridgehead atoms. The minimum absolute atomic E-state index is 0.0724. The highest BCUT2D eigenvalue weighted by Crippen LogP contribution is 2.25. The number of nitrogens with one attached hydrogen (secondary N) is 1. The molecule has 0 aliphatic heterocycles. The molecule has 1 heterocycles. The molecule has 1 atom stereocenters. The van der Waals surface area contributed by atoms with Crippen LogP contribution in [0.4, 0.5) is 8.78 Å². The second-order valence-corrected chi connectivity index (χ2v) is 6.60. The van der Waals surface area contributed by atoms with E-state index in [0.717, 1.165) is 12.1 Å². The van der Waals surface area contributed by atoms with Gasteiger partial charge in [0.15, 0.2) is 5.02 Å². The molecule has 0 radical (unpaired) electrons. The summed E-state index contributed by atoms with van der Waals surface area (Å²) in [5.74, 6) is -2.63. The first kappa shape index (κ1) is 20.8. The number of amides is 1. The Morgan fingerprint density at radius 3 is 2.56 bits per heavy atom. The molecule has 0 saturated heterocycles. The van der Waals surface area contributed by atoms with Crippen LogP contribution in [0, 0.1) is 11.6 Å². The lowest BCUT2D eigenvalue weighted by Crippen LogP contribution is -2.33. The fraction of sp³-hybridized carbons (Fsp3) is 0.389. The number of rotatable bonds is 6. The normalized spacial score (nSPS) is 12.1. The Kier molecular flexibility index (Phi) is 6.54. The highest BCUT2D eigenvalue weighted by atomic mass is 35.5. The van der Waals surface area contributed by atoms with Gasteiger partial charge in [-0.2, -0.15) is 4.98 Å². The molecule has 0 aliphatic carbocycles. The molecule has 2 aromatic rings. The Morgan fingerprint density at radius 1 is 1.33 bits per heavy atom. The summed E-state index contributed by atoms with van der Waals surface area (Å²) in [5, 5.41) is 2.22. The van der Waals surface area contributed by atoms with Crippen molar-refractivity contribution in [2.75, 3.05) is 7.05 Å². The van der Waals surface area contributed by atoms with Gasteiger partial charge in [-0.3, -0.25) is 14.2 Å². The van der Waals surface area contributed by atoms with E-state index in [9.17, 15) is 18.4 Å². The third kappa shape index (κ3) is 4.44. The number of nitrogens with zero attached hydrogens (tertiary/aromatic N) is 2. The summed E-state index contributed by atoms with van der Waals surface area (Å²) in [6, 6.07) is 2.74. The number of ether oxygens (including phenoxy) is 1. The lowest BCUT2D eigenvalue weighted by atomic mass is 10.1. The third-order valence-corrected chi connectivity index (χ3v) is 4.30. The number of carbonyl (C=O) groups excluding carboxylic acids is 1. The minimum atomic E-state index is -0.791. The molecular formula is C18H20ClF2N3O3. The van der Waals surface area contributed by atoms with Crippen molar-refractivity contribution in [3.8, 4) is 5.88 Å². The van der Waals surface area contributed by atoms with Gasteiger partial charge in [0, 0.05) is 24.7 Å². The van der Waals surface area contributed by atoms with Gasteiger partial charge < -0.3 is 10.1 Å². The molecule has 2 rings (SSSR count). The first-order chi connectivity index (χ1) is 12.7. The molecule has 0 fully saturated rings. The first-order valence-corrected chi connectivity index (χ1v) is 8.65.